The lowest BCUT2D eigenvalue weighted by Crippen LogP contribution is -2.24. The monoisotopic (exact) mass is 289 g/mol. The van der Waals surface area contributed by atoms with Crippen LogP contribution in [-0.2, 0) is 6.42 Å². The van der Waals surface area contributed by atoms with Crippen molar-refractivity contribution in [3.63, 3.8) is 0 Å². The Kier molecular flexibility index (Phi) is 5.39. The third kappa shape index (κ3) is 3.95. The maximum Gasteiger partial charge on any atom is 0.123 e. The Bertz CT molecular complexity index is 557. The normalized spacial score (nSPS) is 12.3. The molecule has 3 nitrogen and oxygen atoms in total. The van der Waals surface area contributed by atoms with Gasteiger partial charge in [-0.25, -0.2) is 4.98 Å². The van der Waals surface area contributed by atoms with Crippen LogP contribution < -0.4 is 11.1 Å². The lowest BCUT2D eigenvalue weighted by atomic mass is 9.99. The zero-order chi connectivity index (χ0) is 14.4. The second kappa shape index (κ2) is 7.27. The van der Waals surface area contributed by atoms with Crippen LogP contribution in [0.15, 0.2) is 42.6 Å². The molecular formula is C16H20ClN3. The first-order valence-corrected chi connectivity index (χ1v) is 7.26. The van der Waals surface area contributed by atoms with Crippen molar-refractivity contribution in [3.05, 3.63) is 58.7 Å². The average molecular weight is 290 g/mol. The Labute approximate surface area is 125 Å². The highest BCUT2D eigenvalue weighted by atomic mass is 35.5. The number of pyridine rings is 1. The predicted molar refractivity (Wildman–Crippen MR) is 84.8 cm³/mol. The fraction of sp³-hybridized carbons (Fsp3) is 0.312. The number of nitrogen functional groups attached to an aromatic ring is 1. The first-order valence-electron chi connectivity index (χ1n) is 6.89. The van der Waals surface area contributed by atoms with Gasteiger partial charge in [0.05, 0.1) is 0 Å². The number of anilines is 1. The Morgan fingerprint density at radius 2 is 2.10 bits per heavy atom. The predicted octanol–water partition coefficient (Wildman–Crippen LogP) is 3.60. The van der Waals surface area contributed by atoms with E-state index in [0.717, 1.165) is 35.5 Å². The summed E-state index contributed by atoms with van der Waals surface area (Å²) < 4.78 is 0. The van der Waals surface area contributed by atoms with Gasteiger partial charge >= 0.3 is 0 Å². The molecule has 0 bridgehead atoms. The standard InChI is InChI=1S/C16H20ClN3/c1-2-8-19-15(13-5-3-4-6-14(13)17)10-12-7-9-20-16(18)11-12/h3-7,9,11,15,19H,2,8,10H2,1H3,(H2,18,20). The second-order valence-electron chi connectivity index (χ2n) is 4.82. The van der Waals surface area contributed by atoms with Gasteiger partial charge in [-0.05, 0) is 48.7 Å². The lowest BCUT2D eigenvalue weighted by molar-refractivity contribution is 0.529. The second-order valence-corrected chi connectivity index (χ2v) is 5.23. The van der Waals surface area contributed by atoms with Crippen molar-refractivity contribution in [2.24, 2.45) is 0 Å². The van der Waals surface area contributed by atoms with Gasteiger partial charge in [0.1, 0.15) is 5.82 Å². The van der Waals surface area contributed by atoms with E-state index in [1.807, 2.05) is 30.3 Å². The molecule has 1 atom stereocenters. The third-order valence-corrected chi connectivity index (χ3v) is 3.55. The van der Waals surface area contributed by atoms with E-state index in [9.17, 15) is 0 Å². The Balaban J connectivity index is 2.22. The van der Waals surface area contributed by atoms with Gasteiger partial charge in [-0.1, -0.05) is 36.7 Å². The molecule has 0 aliphatic carbocycles. The zero-order valence-electron chi connectivity index (χ0n) is 11.6. The van der Waals surface area contributed by atoms with Gasteiger partial charge in [-0.2, -0.15) is 0 Å². The van der Waals surface area contributed by atoms with E-state index in [2.05, 4.69) is 23.3 Å². The molecule has 4 heteroatoms. The van der Waals surface area contributed by atoms with Gasteiger partial charge in [0.25, 0.3) is 0 Å². The molecule has 0 radical (unpaired) electrons. The first-order chi connectivity index (χ1) is 9.70. The number of nitrogens with zero attached hydrogens (tertiary/aromatic N) is 1. The van der Waals surface area contributed by atoms with Crippen LogP contribution >= 0.6 is 11.6 Å². The van der Waals surface area contributed by atoms with Gasteiger partial charge < -0.3 is 11.1 Å². The molecule has 0 fully saturated rings. The summed E-state index contributed by atoms with van der Waals surface area (Å²) in [5.74, 6) is 0.552. The van der Waals surface area contributed by atoms with E-state index >= 15 is 0 Å². The van der Waals surface area contributed by atoms with E-state index in [1.165, 1.54) is 0 Å². The molecule has 3 N–H and O–H groups in total. The summed E-state index contributed by atoms with van der Waals surface area (Å²) in [6.07, 6.45) is 3.67. The summed E-state index contributed by atoms with van der Waals surface area (Å²) in [7, 11) is 0. The van der Waals surface area contributed by atoms with Crippen LogP contribution in [0.5, 0.6) is 0 Å². The van der Waals surface area contributed by atoms with Gasteiger partial charge in [-0.15, -0.1) is 0 Å². The van der Waals surface area contributed by atoms with Crippen LogP contribution in [0.25, 0.3) is 0 Å². The summed E-state index contributed by atoms with van der Waals surface area (Å²) >= 11 is 6.32. The summed E-state index contributed by atoms with van der Waals surface area (Å²) in [6.45, 7) is 3.11. The number of hydrogen-bond acceptors (Lipinski definition) is 3. The van der Waals surface area contributed by atoms with Crippen LogP contribution in [0.1, 0.15) is 30.5 Å². The molecule has 1 heterocycles. The van der Waals surface area contributed by atoms with E-state index in [4.69, 9.17) is 17.3 Å². The van der Waals surface area contributed by atoms with Crippen molar-refractivity contribution in [1.82, 2.24) is 10.3 Å². The molecule has 2 aromatic rings. The highest BCUT2D eigenvalue weighted by molar-refractivity contribution is 6.31. The van der Waals surface area contributed by atoms with Crippen LogP contribution in [0.4, 0.5) is 5.82 Å². The van der Waals surface area contributed by atoms with Crippen molar-refractivity contribution in [2.45, 2.75) is 25.8 Å². The van der Waals surface area contributed by atoms with Crippen molar-refractivity contribution >= 4 is 17.4 Å². The minimum absolute atomic E-state index is 0.186. The molecule has 0 aliphatic heterocycles. The summed E-state index contributed by atoms with van der Waals surface area (Å²) in [6, 6.07) is 12.1. The van der Waals surface area contributed by atoms with Crippen LogP contribution in [0.2, 0.25) is 5.02 Å². The molecule has 20 heavy (non-hydrogen) atoms. The number of benzene rings is 1. The zero-order valence-corrected chi connectivity index (χ0v) is 12.4. The van der Waals surface area contributed by atoms with Crippen molar-refractivity contribution < 1.29 is 0 Å². The maximum absolute atomic E-state index is 6.32. The molecular weight excluding hydrogens is 270 g/mol. The molecule has 1 aromatic carbocycles. The summed E-state index contributed by atoms with van der Waals surface area (Å²) in [5, 5.41) is 4.34. The number of aromatic nitrogens is 1. The molecule has 106 valence electrons. The highest BCUT2D eigenvalue weighted by Gasteiger charge is 2.14. The molecule has 0 amide bonds. The maximum atomic E-state index is 6.32. The van der Waals surface area contributed by atoms with Gasteiger partial charge in [0.15, 0.2) is 0 Å². The van der Waals surface area contributed by atoms with Crippen molar-refractivity contribution in [3.8, 4) is 0 Å². The number of rotatable bonds is 6. The van der Waals surface area contributed by atoms with Crippen LogP contribution in [0.3, 0.4) is 0 Å². The minimum atomic E-state index is 0.186. The van der Waals surface area contributed by atoms with E-state index in [0.29, 0.717) is 5.82 Å². The smallest absolute Gasteiger partial charge is 0.123 e. The average Bonchev–Trinajstić information content (AvgIpc) is 2.44. The topological polar surface area (TPSA) is 50.9 Å². The quantitative estimate of drug-likeness (QED) is 0.854. The Hall–Kier alpha value is -1.58. The molecule has 2 rings (SSSR count). The first kappa shape index (κ1) is 14.8. The van der Waals surface area contributed by atoms with Gasteiger partial charge in [-0.3, -0.25) is 0 Å². The number of nitrogens with two attached hydrogens (primary N) is 1. The van der Waals surface area contributed by atoms with E-state index in [1.54, 1.807) is 6.20 Å². The Morgan fingerprint density at radius 3 is 2.80 bits per heavy atom. The summed E-state index contributed by atoms with van der Waals surface area (Å²) in [5.41, 5.74) is 8.03. The number of hydrogen-bond donors (Lipinski definition) is 2. The minimum Gasteiger partial charge on any atom is -0.384 e. The molecule has 0 saturated carbocycles. The molecule has 0 spiro atoms. The molecule has 1 unspecified atom stereocenters. The molecule has 0 saturated heterocycles. The summed E-state index contributed by atoms with van der Waals surface area (Å²) in [4.78, 5) is 4.03. The van der Waals surface area contributed by atoms with Crippen LogP contribution in [0, 0.1) is 0 Å². The Morgan fingerprint density at radius 1 is 1.30 bits per heavy atom. The largest absolute Gasteiger partial charge is 0.384 e. The van der Waals surface area contributed by atoms with E-state index < -0.39 is 0 Å². The van der Waals surface area contributed by atoms with Gasteiger partial charge in [0, 0.05) is 17.3 Å². The fourth-order valence-corrected chi connectivity index (χ4v) is 2.49. The van der Waals surface area contributed by atoms with E-state index in [-0.39, 0.29) is 6.04 Å². The highest BCUT2D eigenvalue weighted by Crippen LogP contribution is 2.25. The van der Waals surface area contributed by atoms with Crippen molar-refractivity contribution in [1.29, 1.82) is 0 Å². The lowest BCUT2D eigenvalue weighted by Gasteiger charge is -2.20. The van der Waals surface area contributed by atoms with Gasteiger partial charge in [0.2, 0.25) is 0 Å². The number of nitrogens with one attached hydrogen (secondary N) is 1. The SMILES string of the molecule is CCCNC(Cc1ccnc(N)c1)c1ccccc1Cl. The number of halogens is 1. The van der Waals surface area contributed by atoms with Crippen molar-refractivity contribution in [2.75, 3.05) is 12.3 Å². The van der Waals surface area contributed by atoms with Crippen LogP contribution in [-0.4, -0.2) is 11.5 Å². The molecule has 0 aliphatic rings. The third-order valence-electron chi connectivity index (χ3n) is 3.21. The molecule has 1 aromatic heterocycles. The fourth-order valence-electron chi connectivity index (χ4n) is 2.23.